The van der Waals surface area contributed by atoms with E-state index in [1.165, 1.54) is 31.2 Å². The lowest BCUT2D eigenvalue weighted by atomic mass is 10.3. The van der Waals surface area contributed by atoms with Crippen LogP contribution < -0.4 is 0 Å². The third-order valence-corrected chi connectivity index (χ3v) is 4.26. The first-order chi connectivity index (χ1) is 6.90. The van der Waals surface area contributed by atoms with Gasteiger partial charge < -0.3 is 0 Å². The maximum atomic E-state index is 5.86. The van der Waals surface area contributed by atoms with Gasteiger partial charge in [-0.05, 0) is 24.5 Å². The highest BCUT2D eigenvalue weighted by Crippen LogP contribution is 2.35. The zero-order chi connectivity index (χ0) is 9.80. The smallest absolute Gasteiger partial charge is 0.101 e. The number of rotatable bonds is 3. The maximum absolute atomic E-state index is 5.86. The van der Waals surface area contributed by atoms with E-state index in [-0.39, 0.29) is 0 Å². The third-order valence-electron chi connectivity index (χ3n) is 2.57. The van der Waals surface area contributed by atoms with Crippen molar-refractivity contribution >= 4 is 23.4 Å². The van der Waals surface area contributed by atoms with Crippen LogP contribution in [-0.4, -0.2) is 10.2 Å². The second-order valence-electron chi connectivity index (χ2n) is 3.63. The van der Waals surface area contributed by atoms with E-state index in [0.29, 0.717) is 5.88 Å². The van der Waals surface area contributed by atoms with Gasteiger partial charge in [0.2, 0.25) is 0 Å². The highest BCUT2D eigenvalue weighted by Gasteiger charge is 2.17. The van der Waals surface area contributed by atoms with E-state index >= 15 is 0 Å². The minimum absolute atomic E-state index is 0.572. The zero-order valence-corrected chi connectivity index (χ0v) is 9.65. The fourth-order valence-electron chi connectivity index (χ4n) is 1.80. The number of halogens is 1. The molecule has 1 aromatic rings. The molecule has 14 heavy (non-hydrogen) atoms. The Morgan fingerprint density at radius 2 is 2.21 bits per heavy atom. The monoisotopic (exact) mass is 227 g/mol. The Labute approximate surface area is 94.3 Å². The molecular formula is C11H14ClNS. The molecule has 1 heterocycles. The lowest BCUT2D eigenvalue weighted by Gasteiger charge is -2.10. The molecule has 0 amide bonds. The fraction of sp³-hybridized carbons (Fsp3) is 0.545. The molecule has 0 bridgehead atoms. The minimum Gasteiger partial charge on any atom is -0.250 e. The largest absolute Gasteiger partial charge is 0.250 e. The number of hydrogen-bond donors (Lipinski definition) is 0. The number of hydrogen-bond acceptors (Lipinski definition) is 2. The predicted molar refractivity (Wildman–Crippen MR) is 61.9 cm³/mol. The minimum atomic E-state index is 0.572. The molecule has 1 nitrogen and oxygen atoms in total. The molecule has 0 aliphatic heterocycles. The van der Waals surface area contributed by atoms with Crippen molar-refractivity contribution in [2.75, 3.05) is 0 Å². The van der Waals surface area contributed by atoms with E-state index in [4.69, 9.17) is 11.6 Å². The van der Waals surface area contributed by atoms with Gasteiger partial charge in [-0.15, -0.1) is 23.4 Å². The van der Waals surface area contributed by atoms with Crippen molar-refractivity contribution < 1.29 is 0 Å². The first-order valence-electron chi connectivity index (χ1n) is 5.06. The quantitative estimate of drug-likeness (QED) is 0.728. The van der Waals surface area contributed by atoms with E-state index < -0.39 is 0 Å². The van der Waals surface area contributed by atoms with Gasteiger partial charge in [-0.2, -0.15) is 0 Å². The van der Waals surface area contributed by atoms with Gasteiger partial charge >= 0.3 is 0 Å². The van der Waals surface area contributed by atoms with Crippen LogP contribution in [0.5, 0.6) is 0 Å². The Kier molecular flexibility index (Phi) is 3.71. The van der Waals surface area contributed by atoms with E-state index in [1.807, 2.05) is 24.0 Å². The maximum Gasteiger partial charge on any atom is 0.101 e. The van der Waals surface area contributed by atoms with E-state index in [9.17, 15) is 0 Å². The van der Waals surface area contributed by atoms with Crippen LogP contribution in [-0.2, 0) is 5.88 Å². The molecule has 0 spiro atoms. The van der Waals surface area contributed by atoms with Crippen LogP contribution in [0.25, 0.3) is 0 Å². The zero-order valence-electron chi connectivity index (χ0n) is 8.08. The summed E-state index contributed by atoms with van der Waals surface area (Å²) in [5.41, 5.74) is 1.17. The van der Waals surface area contributed by atoms with Crippen molar-refractivity contribution in [2.24, 2.45) is 0 Å². The molecule has 0 radical (unpaired) electrons. The van der Waals surface area contributed by atoms with Gasteiger partial charge in [0, 0.05) is 11.4 Å². The summed E-state index contributed by atoms with van der Waals surface area (Å²) >= 11 is 7.77. The van der Waals surface area contributed by atoms with Crippen LogP contribution in [0.15, 0.2) is 23.4 Å². The molecule has 1 saturated carbocycles. The molecular weight excluding hydrogens is 214 g/mol. The molecule has 0 N–H and O–H groups in total. The summed E-state index contributed by atoms with van der Waals surface area (Å²) in [6.45, 7) is 0. The lowest BCUT2D eigenvalue weighted by molar-refractivity contribution is 0.886. The summed E-state index contributed by atoms with van der Waals surface area (Å²) in [5.74, 6) is 0.572. The van der Waals surface area contributed by atoms with E-state index in [0.717, 1.165) is 10.3 Å². The molecule has 1 fully saturated rings. The van der Waals surface area contributed by atoms with Gasteiger partial charge in [0.15, 0.2) is 0 Å². The summed E-state index contributed by atoms with van der Waals surface area (Å²) in [6, 6.07) is 4.02. The van der Waals surface area contributed by atoms with Crippen molar-refractivity contribution in [3.63, 3.8) is 0 Å². The normalized spacial score (nSPS) is 17.5. The Hall–Kier alpha value is -0.210. The number of pyridine rings is 1. The predicted octanol–water partition coefficient (Wildman–Crippen LogP) is 3.86. The average molecular weight is 228 g/mol. The van der Waals surface area contributed by atoms with Crippen LogP contribution in [0.1, 0.15) is 31.2 Å². The number of thioether (sulfide) groups is 1. The average Bonchev–Trinajstić information content (AvgIpc) is 2.71. The summed E-state index contributed by atoms with van der Waals surface area (Å²) in [5, 5.41) is 1.90. The SMILES string of the molecule is ClCc1cccnc1SC1CCCC1. The standard InChI is InChI=1S/C11H14ClNS/c12-8-9-4-3-7-13-11(9)14-10-5-1-2-6-10/h3-4,7,10H,1-2,5-6,8H2. The van der Waals surface area contributed by atoms with Crippen molar-refractivity contribution in [1.82, 2.24) is 4.98 Å². The Bertz CT molecular complexity index is 297. The van der Waals surface area contributed by atoms with Gasteiger partial charge in [0.25, 0.3) is 0 Å². The second kappa shape index (κ2) is 5.04. The fourth-order valence-corrected chi connectivity index (χ4v) is 3.39. The van der Waals surface area contributed by atoms with Crippen LogP contribution in [0.2, 0.25) is 0 Å². The van der Waals surface area contributed by atoms with Gasteiger partial charge in [0.05, 0.1) is 5.88 Å². The molecule has 0 saturated heterocycles. The Balaban J connectivity index is 2.07. The summed E-state index contributed by atoms with van der Waals surface area (Å²) in [4.78, 5) is 4.39. The molecule has 76 valence electrons. The number of nitrogens with zero attached hydrogens (tertiary/aromatic N) is 1. The molecule has 0 atom stereocenters. The van der Waals surface area contributed by atoms with Gasteiger partial charge in [-0.25, -0.2) is 4.98 Å². The summed E-state index contributed by atoms with van der Waals surface area (Å²) in [7, 11) is 0. The number of alkyl halides is 1. The highest BCUT2D eigenvalue weighted by molar-refractivity contribution is 7.99. The molecule has 0 aromatic carbocycles. The van der Waals surface area contributed by atoms with Crippen molar-refractivity contribution in [3.8, 4) is 0 Å². The van der Waals surface area contributed by atoms with E-state index in [2.05, 4.69) is 11.1 Å². The lowest BCUT2D eigenvalue weighted by Crippen LogP contribution is -1.97. The van der Waals surface area contributed by atoms with Gasteiger partial charge in [-0.1, -0.05) is 18.9 Å². The van der Waals surface area contributed by atoms with Crippen LogP contribution >= 0.6 is 23.4 Å². The molecule has 2 rings (SSSR count). The number of aromatic nitrogens is 1. The Morgan fingerprint density at radius 1 is 1.43 bits per heavy atom. The Morgan fingerprint density at radius 3 is 2.93 bits per heavy atom. The van der Waals surface area contributed by atoms with E-state index in [1.54, 1.807) is 0 Å². The topological polar surface area (TPSA) is 12.9 Å². The molecule has 1 aliphatic rings. The van der Waals surface area contributed by atoms with Crippen LogP contribution in [0.4, 0.5) is 0 Å². The first kappa shape index (κ1) is 10.3. The molecule has 0 unspecified atom stereocenters. The van der Waals surface area contributed by atoms with Gasteiger partial charge in [-0.3, -0.25) is 0 Å². The first-order valence-corrected chi connectivity index (χ1v) is 6.48. The highest BCUT2D eigenvalue weighted by atomic mass is 35.5. The second-order valence-corrected chi connectivity index (χ2v) is 5.18. The van der Waals surface area contributed by atoms with Crippen LogP contribution in [0.3, 0.4) is 0 Å². The summed E-state index contributed by atoms with van der Waals surface area (Å²) in [6.07, 6.45) is 7.28. The molecule has 3 heteroatoms. The van der Waals surface area contributed by atoms with Gasteiger partial charge in [0.1, 0.15) is 5.03 Å². The molecule has 1 aliphatic carbocycles. The van der Waals surface area contributed by atoms with Crippen molar-refractivity contribution in [2.45, 2.75) is 41.8 Å². The third kappa shape index (κ3) is 2.43. The van der Waals surface area contributed by atoms with Crippen molar-refractivity contribution in [1.29, 1.82) is 0 Å². The van der Waals surface area contributed by atoms with Crippen molar-refractivity contribution in [3.05, 3.63) is 23.9 Å². The van der Waals surface area contributed by atoms with Crippen LogP contribution in [0, 0.1) is 0 Å². The molecule has 1 aromatic heterocycles. The summed E-state index contributed by atoms with van der Waals surface area (Å²) < 4.78 is 0.